The molecule has 0 saturated heterocycles. The van der Waals surface area contributed by atoms with Gasteiger partial charge < -0.3 is 10.1 Å². The van der Waals surface area contributed by atoms with E-state index in [1.165, 1.54) is 12.1 Å². The number of para-hydroxylation sites is 1. The molecule has 166 valence electrons. The van der Waals surface area contributed by atoms with Crippen molar-refractivity contribution >= 4 is 17.3 Å². The zero-order chi connectivity index (χ0) is 23.2. The number of aromatic nitrogens is 2. The predicted octanol–water partition coefficient (Wildman–Crippen LogP) is 5.03. The molecular formula is C25H22N4O4. The van der Waals surface area contributed by atoms with Gasteiger partial charge in [-0.3, -0.25) is 14.9 Å². The number of rotatable bonds is 8. The lowest BCUT2D eigenvalue weighted by molar-refractivity contribution is -0.384. The molecular weight excluding hydrogens is 420 g/mol. The largest absolute Gasteiger partial charge is 0.494 e. The van der Waals surface area contributed by atoms with Gasteiger partial charge in [-0.2, -0.15) is 5.10 Å². The quantitative estimate of drug-likeness (QED) is 0.305. The summed E-state index contributed by atoms with van der Waals surface area (Å²) in [5, 5.41) is 18.6. The second-order valence-corrected chi connectivity index (χ2v) is 7.27. The number of hydrogen-bond donors (Lipinski definition) is 1. The zero-order valence-corrected chi connectivity index (χ0v) is 18.0. The number of benzene rings is 3. The summed E-state index contributed by atoms with van der Waals surface area (Å²) in [6, 6.07) is 22.9. The van der Waals surface area contributed by atoms with Crippen LogP contribution in [0.5, 0.6) is 5.75 Å². The predicted molar refractivity (Wildman–Crippen MR) is 126 cm³/mol. The van der Waals surface area contributed by atoms with Crippen LogP contribution in [0.15, 0.2) is 85.1 Å². The van der Waals surface area contributed by atoms with E-state index in [1.807, 2.05) is 43.5 Å². The van der Waals surface area contributed by atoms with Crippen molar-refractivity contribution in [2.75, 3.05) is 11.9 Å². The molecule has 1 amide bonds. The minimum atomic E-state index is -0.447. The van der Waals surface area contributed by atoms with Crippen LogP contribution in [0.4, 0.5) is 11.4 Å². The number of carbonyl (C=O) groups is 1. The highest BCUT2D eigenvalue weighted by Crippen LogP contribution is 2.26. The molecule has 0 aliphatic heterocycles. The third kappa shape index (κ3) is 5.24. The van der Waals surface area contributed by atoms with E-state index in [9.17, 15) is 14.9 Å². The van der Waals surface area contributed by atoms with Crippen molar-refractivity contribution < 1.29 is 14.5 Å². The lowest BCUT2D eigenvalue weighted by atomic mass is 10.1. The van der Waals surface area contributed by atoms with Gasteiger partial charge in [-0.05, 0) is 55.5 Å². The first-order valence-electron chi connectivity index (χ1n) is 10.4. The molecule has 33 heavy (non-hydrogen) atoms. The molecule has 0 unspecified atom stereocenters. The van der Waals surface area contributed by atoms with E-state index >= 15 is 0 Å². The van der Waals surface area contributed by atoms with Gasteiger partial charge in [0.2, 0.25) is 5.91 Å². The second kappa shape index (κ2) is 9.78. The Morgan fingerprint density at radius 1 is 1.03 bits per heavy atom. The molecule has 0 radical (unpaired) electrons. The van der Waals surface area contributed by atoms with Crippen LogP contribution in [0.3, 0.4) is 0 Å². The molecule has 4 rings (SSSR count). The Labute approximate surface area is 190 Å². The number of nitro groups is 1. The van der Waals surface area contributed by atoms with Crippen molar-refractivity contribution in [1.29, 1.82) is 0 Å². The summed E-state index contributed by atoms with van der Waals surface area (Å²) in [4.78, 5) is 23.4. The van der Waals surface area contributed by atoms with Crippen LogP contribution in [0.2, 0.25) is 0 Å². The minimum Gasteiger partial charge on any atom is -0.494 e. The minimum absolute atomic E-state index is 0.00367. The molecule has 1 heterocycles. The van der Waals surface area contributed by atoms with Gasteiger partial charge in [-0.25, -0.2) is 4.68 Å². The van der Waals surface area contributed by atoms with Gasteiger partial charge in [0, 0.05) is 35.1 Å². The smallest absolute Gasteiger partial charge is 0.269 e. The summed E-state index contributed by atoms with van der Waals surface area (Å²) in [6.45, 7) is 2.48. The molecule has 0 aliphatic carbocycles. The summed E-state index contributed by atoms with van der Waals surface area (Å²) >= 11 is 0. The van der Waals surface area contributed by atoms with Crippen molar-refractivity contribution in [2.45, 2.75) is 13.3 Å². The van der Waals surface area contributed by atoms with E-state index < -0.39 is 4.92 Å². The highest BCUT2D eigenvalue weighted by molar-refractivity contribution is 5.93. The van der Waals surface area contributed by atoms with Gasteiger partial charge in [0.1, 0.15) is 5.75 Å². The first kappa shape index (κ1) is 21.8. The summed E-state index contributed by atoms with van der Waals surface area (Å²) in [7, 11) is 0. The first-order valence-corrected chi connectivity index (χ1v) is 10.4. The third-order valence-corrected chi connectivity index (χ3v) is 4.96. The molecule has 0 bridgehead atoms. The Morgan fingerprint density at radius 3 is 2.36 bits per heavy atom. The molecule has 3 aromatic carbocycles. The number of nitro benzene ring substituents is 1. The average Bonchev–Trinajstić information content (AvgIpc) is 3.24. The number of nitrogens with zero attached hydrogens (tertiary/aromatic N) is 3. The molecule has 0 aliphatic rings. The van der Waals surface area contributed by atoms with Crippen molar-refractivity contribution in [1.82, 2.24) is 9.78 Å². The lowest BCUT2D eigenvalue weighted by Crippen LogP contribution is -2.14. The van der Waals surface area contributed by atoms with Crippen molar-refractivity contribution in [3.05, 3.63) is 101 Å². The number of nitrogens with one attached hydrogen (secondary N) is 1. The number of anilines is 1. The maximum Gasteiger partial charge on any atom is 0.269 e. The summed E-state index contributed by atoms with van der Waals surface area (Å²) in [5.74, 6) is 0.537. The van der Waals surface area contributed by atoms with E-state index in [1.54, 1.807) is 41.1 Å². The Bertz CT molecular complexity index is 1250. The SMILES string of the molecule is CCOc1ccc(NC(=O)Cc2cn(-c3ccccc3)nc2-c2ccc([N+](=O)[O-])cc2)cc1. The molecule has 0 fully saturated rings. The van der Waals surface area contributed by atoms with Gasteiger partial charge >= 0.3 is 0 Å². The Balaban J connectivity index is 1.60. The monoisotopic (exact) mass is 442 g/mol. The van der Waals surface area contributed by atoms with Crippen LogP contribution in [0.1, 0.15) is 12.5 Å². The molecule has 1 N–H and O–H groups in total. The third-order valence-electron chi connectivity index (χ3n) is 4.96. The maximum absolute atomic E-state index is 12.8. The number of ether oxygens (including phenoxy) is 1. The molecule has 0 spiro atoms. The van der Waals surface area contributed by atoms with E-state index in [0.717, 1.165) is 11.4 Å². The van der Waals surface area contributed by atoms with Crippen molar-refractivity contribution in [3.63, 3.8) is 0 Å². The summed E-state index contributed by atoms with van der Waals surface area (Å²) < 4.78 is 7.13. The fourth-order valence-corrected chi connectivity index (χ4v) is 3.42. The topological polar surface area (TPSA) is 99.3 Å². The van der Waals surface area contributed by atoms with Crippen LogP contribution in [-0.2, 0) is 11.2 Å². The number of non-ortho nitro benzene ring substituents is 1. The summed E-state index contributed by atoms with van der Waals surface area (Å²) in [5.41, 5.74) is 3.50. The van der Waals surface area contributed by atoms with Crippen LogP contribution in [-0.4, -0.2) is 27.2 Å². The number of carbonyl (C=O) groups excluding carboxylic acids is 1. The fourth-order valence-electron chi connectivity index (χ4n) is 3.42. The van der Waals surface area contributed by atoms with Gasteiger partial charge in [-0.15, -0.1) is 0 Å². The fraction of sp³-hybridized carbons (Fsp3) is 0.120. The van der Waals surface area contributed by atoms with Crippen LogP contribution in [0, 0.1) is 10.1 Å². The molecule has 8 heteroatoms. The normalized spacial score (nSPS) is 10.6. The van der Waals surface area contributed by atoms with Crippen LogP contribution in [0.25, 0.3) is 16.9 Å². The molecule has 8 nitrogen and oxygen atoms in total. The average molecular weight is 442 g/mol. The molecule has 1 aromatic heterocycles. The van der Waals surface area contributed by atoms with Gasteiger partial charge in [0.25, 0.3) is 5.69 Å². The molecule has 4 aromatic rings. The van der Waals surface area contributed by atoms with Gasteiger partial charge in [0.15, 0.2) is 0 Å². The van der Waals surface area contributed by atoms with Gasteiger partial charge in [0.05, 0.1) is 29.3 Å². The van der Waals surface area contributed by atoms with Crippen LogP contribution < -0.4 is 10.1 Å². The summed E-state index contributed by atoms with van der Waals surface area (Å²) in [6.07, 6.45) is 1.90. The zero-order valence-electron chi connectivity index (χ0n) is 18.0. The number of amides is 1. The van der Waals surface area contributed by atoms with E-state index in [0.29, 0.717) is 29.1 Å². The Hall–Kier alpha value is -4.46. The molecule has 0 saturated carbocycles. The van der Waals surface area contributed by atoms with E-state index in [4.69, 9.17) is 4.74 Å². The maximum atomic E-state index is 12.8. The van der Waals surface area contributed by atoms with Crippen molar-refractivity contribution in [3.8, 4) is 22.7 Å². The second-order valence-electron chi connectivity index (χ2n) is 7.27. The van der Waals surface area contributed by atoms with Crippen molar-refractivity contribution in [2.24, 2.45) is 0 Å². The van der Waals surface area contributed by atoms with Crippen LogP contribution >= 0.6 is 0 Å². The van der Waals surface area contributed by atoms with E-state index in [2.05, 4.69) is 10.4 Å². The number of hydrogen-bond acceptors (Lipinski definition) is 5. The van der Waals surface area contributed by atoms with Gasteiger partial charge in [-0.1, -0.05) is 18.2 Å². The van der Waals surface area contributed by atoms with E-state index in [-0.39, 0.29) is 18.0 Å². The Kier molecular flexibility index (Phi) is 6.45. The molecule has 0 atom stereocenters. The Morgan fingerprint density at radius 2 is 1.73 bits per heavy atom. The highest BCUT2D eigenvalue weighted by atomic mass is 16.6. The first-order chi connectivity index (χ1) is 16.0. The lowest BCUT2D eigenvalue weighted by Gasteiger charge is -2.07. The highest BCUT2D eigenvalue weighted by Gasteiger charge is 2.17. The standard InChI is InChI=1S/C25H22N4O4/c1-2-33-23-14-10-20(11-15-23)26-24(30)16-19-17-28(21-6-4-3-5-7-21)27-25(19)18-8-12-22(13-9-18)29(31)32/h3-15,17H,2,16H2,1H3,(H,26,30).